The number of H-pyrrole nitrogens is 1. The van der Waals surface area contributed by atoms with Crippen LogP contribution in [0.2, 0.25) is 0 Å². The first-order valence-corrected chi connectivity index (χ1v) is 3.13. The van der Waals surface area contributed by atoms with Crippen molar-refractivity contribution in [2.24, 2.45) is 0 Å². The lowest BCUT2D eigenvalue weighted by Gasteiger charge is -1.76. The SMILES string of the molecule is CCc1c[nH]pn1. The van der Waals surface area contributed by atoms with Crippen molar-refractivity contribution >= 4 is 8.51 Å². The molecule has 0 aliphatic heterocycles. The summed E-state index contributed by atoms with van der Waals surface area (Å²) in [5, 5.41) is 0. The minimum Gasteiger partial charge on any atom is -0.328 e. The van der Waals surface area contributed by atoms with E-state index in [0.29, 0.717) is 0 Å². The molecule has 38 valence electrons. The summed E-state index contributed by atoms with van der Waals surface area (Å²) in [4.78, 5) is 0. The fourth-order valence-corrected chi connectivity index (χ4v) is 0.990. The van der Waals surface area contributed by atoms with Crippen LogP contribution in [0, 0.1) is 0 Å². The van der Waals surface area contributed by atoms with Crippen LogP contribution in [-0.2, 0) is 6.42 Å². The van der Waals surface area contributed by atoms with E-state index < -0.39 is 0 Å². The van der Waals surface area contributed by atoms with Crippen molar-refractivity contribution in [3.05, 3.63) is 11.9 Å². The zero-order valence-electron chi connectivity index (χ0n) is 4.18. The van der Waals surface area contributed by atoms with E-state index in [1.165, 1.54) is 5.69 Å². The average molecular weight is 114 g/mol. The van der Waals surface area contributed by atoms with E-state index in [1.807, 2.05) is 6.20 Å². The van der Waals surface area contributed by atoms with Gasteiger partial charge < -0.3 is 4.75 Å². The molecule has 0 aromatic carbocycles. The minimum absolute atomic E-state index is 0.984. The molecular formula is C4H7N2P. The third kappa shape index (κ3) is 1.00. The van der Waals surface area contributed by atoms with Crippen LogP contribution in [0.25, 0.3) is 0 Å². The molecule has 0 saturated carbocycles. The van der Waals surface area contributed by atoms with Crippen LogP contribution in [-0.4, -0.2) is 9.49 Å². The van der Waals surface area contributed by atoms with Gasteiger partial charge in [-0.3, -0.25) is 0 Å². The van der Waals surface area contributed by atoms with Crippen molar-refractivity contribution in [2.45, 2.75) is 13.3 Å². The molecule has 0 spiro atoms. The van der Waals surface area contributed by atoms with Crippen LogP contribution in [0.4, 0.5) is 0 Å². The molecule has 0 aliphatic carbocycles. The highest BCUT2D eigenvalue weighted by atomic mass is 31.1. The fraction of sp³-hybridized carbons (Fsp3) is 0.500. The Kier molecular flexibility index (Phi) is 1.42. The second kappa shape index (κ2) is 2.08. The van der Waals surface area contributed by atoms with Gasteiger partial charge in [0.2, 0.25) is 0 Å². The smallest absolute Gasteiger partial charge is 0.129 e. The number of hydrogen-bond donors (Lipinski definition) is 1. The first-order valence-electron chi connectivity index (χ1n) is 2.29. The zero-order chi connectivity index (χ0) is 5.11. The lowest BCUT2D eigenvalue weighted by Crippen LogP contribution is -1.72. The van der Waals surface area contributed by atoms with Gasteiger partial charge in [-0.2, -0.15) is 0 Å². The third-order valence-electron chi connectivity index (χ3n) is 0.830. The molecule has 0 fully saturated rings. The van der Waals surface area contributed by atoms with Crippen molar-refractivity contribution in [1.82, 2.24) is 9.49 Å². The van der Waals surface area contributed by atoms with Crippen LogP contribution >= 0.6 is 8.51 Å². The molecule has 0 amide bonds. The van der Waals surface area contributed by atoms with E-state index in [9.17, 15) is 0 Å². The quantitative estimate of drug-likeness (QED) is 0.589. The highest BCUT2D eigenvalue weighted by Gasteiger charge is 1.84. The standard InChI is InChI=1S/C4H7N2P/c1-2-4-3-5-7-6-4/h3H,2H2,1H3,(H,5,6). The van der Waals surface area contributed by atoms with Gasteiger partial charge in [0.15, 0.2) is 0 Å². The molecule has 0 saturated heterocycles. The Morgan fingerprint density at radius 3 is 3.14 bits per heavy atom. The first kappa shape index (κ1) is 4.79. The van der Waals surface area contributed by atoms with Gasteiger partial charge in [-0.1, -0.05) is 6.92 Å². The molecular weight excluding hydrogens is 107 g/mol. The second-order valence-corrected chi connectivity index (χ2v) is 1.98. The van der Waals surface area contributed by atoms with Gasteiger partial charge in [-0.25, -0.2) is 4.75 Å². The molecule has 1 N–H and O–H groups in total. The maximum atomic E-state index is 4.08. The Morgan fingerprint density at radius 2 is 2.86 bits per heavy atom. The molecule has 2 nitrogen and oxygen atoms in total. The van der Waals surface area contributed by atoms with Crippen LogP contribution in [0.1, 0.15) is 12.6 Å². The van der Waals surface area contributed by atoms with E-state index in [2.05, 4.69) is 16.4 Å². The lowest BCUT2D eigenvalue weighted by molar-refractivity contribution is 1.08. The lowest BCUT2D eigenvalue weighted by atomic mass is 10.4. The van der Waals surface area contributed by atoms with E-state index in [4.69, 9.17) is 0 Å². The Balaban J connectivity index is 2.76. The molecule has 1 aromatic heterocycles. The number of aromatic nitrogens is 2. The van der Waals surface area contributed by atoms with Crippen LogP contribution in [0.3, 0.4) is 0 Å². The Labute approximate surface area is 44.2 Å². The Hall–Kier alpha value is -0.360. The highest BCUT2D eigenvalue weighted by molar-refractivity contribution is 7.20. The molecule has 1 rings (SSSR count). The van der Waals surface area contributed by atoms with Gasteiger partial charge in [0.1, 0.15) is 8.51 Å². The normalized spacial score (nSPS) is 10.4. The van der Waals surface area contributed by atoms with Crippen molar-refractivity contribution in [3.63, 3.8) is 0 Å². The van der Waals surface area contributed by atoms with Gasteiger partial charge in [0.25, 0.3) is 0 Å². The van der Waals surface area contributed by atoms with Gasteiger partial charge in [0.05, 0.1) is 5.69 Å². The van der Waals surface area contributed by atoms with Crippen molar-refractivity contribution in [1.29, 1.82) is 0 Å². The van der Waals surface area contributed by atoms with Gasteiger partial charge in [0, 0.05) is 6.20 Å². The Morgan fingerprint density at radius 1 is 2.00 bits per heavy atom. The molecule has 0 bridgehead atoms. The zero-order valence-corrected chi connectivity index (χ0v) is 5.07. The predicted octanol–water partition coefficient (Wildman–Crippen LogP) is 1.55. The van der Waals surface area contributed by atoms with Crippen LogP contribution < -0.4 is 0 Å². The summed E-state index contributed by atoms with van der Waals surface area (Å²) in [6, 6.07) is 0. The van der Waals surface area contributed by atoms with Crippen molar-refractivity contribution < 1.29 is 0 Å². The topological polar surface area (TPSA) is 28.7 Å². The Bertz CT molecular complexity index is 124. The van der Waals surface area contributed by atoms with E-state index in [-0.39, 0.29) is 0 Å². The molecule has 0 aliphatic rings. The maximum Gasteiger partial charge on any atom is 0.129 e. The van der Waals surface area contributed by atoms with Crippen molar-refractivity contribution in [2.75, 3.05) is 0 Å². The number of aromatic amines is 1. The number of aryl methyl sites for hydroxylation is 1. The molecule has 0 radical (unpaired) electrons. The first-order chi connectivity index (χ1) is 3.43. The molecule has 1 aromatic rings. The minimum atomic E-state index is 0.984. The van der Waals surface area contributed by atoms with Crippen LogP contribution in [0.15, 0.2) is 6.20 Å². The van der Waals surface area contributed by atoms with Crippen LogP contribution in [0.5, 0.6) is 0 Å². The maximum absolute atomic E-state index is 4.08. The summed E-state index contributed by atoms with van der Waals surface area (Å²) < 4.78 is 7.04. The summed E-state index contributed by atoms with van der Waals surface area (Å²) >= 11 is 0. The third-order valence-corrected chi connectivity index (χ3v) is 1.43. The highest BCUT2D eigenvalue weighted by Crippen LogP contribution is 1.97. The molecule has 1 heterocycles. The molecule has 0 unspecified atom stereocenters. The van der Waals surface area contributed by atoms with E-state index >= 15 is 0 Å². The number of nitrogens with one attached hydrogen (secondary N) is 1. The van der Waals surface area contributed by atoms with Gasteiger partial charge in [-0.05, 0) is 6.42 Å². The summed E-state index contributed by atoms with van der Waals surface area (Å²) in [5.41, 5.74) is 1.17. The summed E-state index contributed by atoms with van der Waals surface area (Å²) in [6.45, 7) is 2.10. The van der Waals surface area contributed by atoms with E-state index in [0.717, 1.165) is 14.9 Å². The van der Waals surface area contributed by atoms with Gasteiger partial charge in [-0.15, -0.1) is 0 Å². The predicted molar refractivity (Wildman–Crippen MR) is 30.5 cm³/mol. The number of nitrogens with zero attached hydrogens (tertiary/aromatic N) is 1. The number of rotatable bonds is 1. The molecule has 7 heavy (non-hydrogen) atoms. The molecule has 0 atom stereocenters. The number of hydrogen-bond acceptors (Lipinski definition) is 1. The summed E-state index contributed by atoms with van der Waals surface area (Å²) in [7, 11) is 0.984. The van der Waals surface area contributed by atoms with Crippen molar-refractivity contribution in [3.8, 4) is 0 Å². The fourth-order valence-electron chi connectivity index (χ4n) is 0.398. The summed E-state index contributed by atoms with van der Waals surface area (Å²) in [5.74, 6) is 0. The van der Waals surface area contributed by atoms with Gasteiger partial charge >= 0.3 is 0 Å². The largest absolute Gasteiger partial charge is 0.328 e. The average Bonchev–Trinajstić information content (AvgIpc) is 2.14. The summed E-state index contributed by atoms with van der Waals surface area (Å²) in [6.07, 6.45) is 2.99. The second-order valence-electron chi connectivity index (χ2n) is 1.32. The molecule has 3 heteroatoms. The van der Waals surface area contributed by atoms with E-state index in [1.54, 1.807) is 0 Å². The monoisotopic (exact) mass is 114 g/mol.